The molecule has 0 saturated carbocycles. The number of fused-ring (bicyclic) bond motifs is 1. The Balaban J connectivity index is 1.18. The predicted octanol–water partition coefficient (Wildman–Crippen LogP) is 3.35. The molecule has 0 radical (unpaired) electrons. The van der Waals surface area contributed by atoms with Crippen molar-refractivity contribution in [2.45, 2.75) is 57.2 Å². The van der Waals surface area contributed by atoms with Gasteiger partial charge in [0.2, 0.25) is 0 Å². The van der Waals surface area contributed by atoms with Crippen molar-refractivity contribution >= 4 is 16.8 Å². The zero-order valence-electron chi connectivity index (χ0n) is 19.0. The quantitative estimate of drug-likeness (QED) is 0.821. The molecule has 1 spiro atoms. The highest BCUT2D eigenvalue weighted by Gasteiger charge is 2.43. The Bertz CT molecular complexity index is 907. The van der Waals surface area contributed by atoms with Gasteiger partial charge in [-0.05, 0) is 63.1 Å². The Labute approximate surface area is 185 Å². The van der Waals surface area contributed by atoms with Crippen molar-refractivity contribution in [2.75, 3.05) is 45.9 Å². The maximum atomic E-state index is 13.1. The van der Waals surface area contributed by atoms with E-state index in [0.717, 1.165) is 61.8 Å². The standard InChI is InChI=1S/C25H36N4O2/c1-19(2)27-12-14-28(15-13-27)22-6-16-31-25(18-22)7-10-29(11-8-25)24(30)21-4-3-20-5-9-26-23(20)17-21/h3-5,9,17,19,22,26H,6-8,10-16,18H2,1-2H3/t22-/m0/s1. The molecule has 6 nitrogen and oxygen atoms in total. The number of piperidine rings is 1. The van der Waals surface area contributed by atoms with E-state index in [0.29, 0.717) is 12.1 Å². The number of aromatic nitrogens is 1. The maximum Gasteiger partial charge on any atom is 0.253 e. The van der Waals surface area contributed by atoms with Crippen LogP contribution in [0.2, 0.25) is 0 Å². The number of piperazine rings is 1. The fourth-order valence-electron chi connectivity index (χ4n) is 5.76. The zero-order chi connectivity index (χ0) is 21.4. The molecule has 0 unspecified atom stereocenters. The van der Waals surface area contributed by atoms with Crippen molar-refractivity contribution in [3.05, 3.63) is 36.0 Å². The highest BCUT2D eigenvalue weighted by Crippen LogP contribution is 2.37. The van der Waals surface area contributed by atoms with E-state index in [2.05, 4.69) is 28.6 Å². The first-order valence-electron chi connectivity index (χ1n) is 12.0. The third-order valence-corrected chi connectivity index (χ3v) is 7.83. The molecule has 3 fully saturated rings. The molecule has 5 rings (SSSR count). The molecule has 1 atom stereocenters. The van der Waals surface area contributed by atoms with Gasteiger partial charge in [-0.1, -0.05) is 6.07 Å². The summed E-state index contributed by atoms with van der Waals surface area (Å²) in [6.07, 6.45) is 6.08. The lowest BCUT2D eigenvalue weighted by Gasteiger charge is -2.50. The van der Waals surface area contributed by atoms with Crippen LogP contribution < -0.4 is 0 Å². The van der Waals surface area contributed by atoms with E-state index in [1.807, 2.05) is 35.4 Å². The van der Waals surface area contributed by atoms with E-state index in [-0.39, 0.29) is 11.5 Å². The van der Waals surface area contributed by atoms with Gasteiger partial charge in [0.1, 0.15) is 0 Å². The van der Waals surface area contributed by atoms with E-state index < -0.39 is 0 Å². The fraction of sp³-hybridized carbons (Fsp3) is 0.640. The molecule has 0 aliphatic carbocycles. The molecule has 3 aliphatic rings. The average molecular weight is 425 g/mol. The minimum absolute atomic E-state index is 0.0434. The van der Waals surface area contributed by atoms with E-state index >= 15 is 0 Å². The van der Waals surface area contributed by atoms with E-state index in [1.165, 1.54) is 26.2 Å². The molecule has 4 heterocycles. The molecule has 1 N–H and O–H groups in total. The molecule has 6 heteroatoms. The highest BCUT2D eigenvalue weighted by molar-refractivity contribution is 5.98. The van der Waals surface area contributed by atoms with Gasteiger partial charge in [0.05, 0.1) is 5.60 Å². The van der Waals surface area contributed by atoms with Crippen molar-refractivity contribution in [2.24, 2.45) is 0 Å². The van der Waals surface area contributed by atoms with Gasteiger partial charge < -0.3 is 14.6 Å². The van der Waals surface area contributed by atoms with E-state index in [4.69, 9.17) is 4.74 Å². The second-order valence-electron chi connectivity index (χ2n) is 9.92. The molecule has 1 aromatic carbocycles. The monoisotopic (exact) mass is 424 g/mol. The Hall–Kier alpha value is -1.89. The molecule has 0 bridgehead atoms. The number of nitrogens with one attached hydrogen (secondary N) is 1. The third kappa shape index (κ3) is 4.26. The van der Waals surface area contributed by atoms with E-state index in [1.54, 1.807) is 0 Å². The van der Waals surface area contributed by atoms with Gasteiger partial charge in [-0.15, -0.1) is 0 Å². The van der Waals surface area contributed by atoms with Crippen LogP contribution in [0.4, 0.5) is 0 Å². The average Bonchev–Trinajstić information content (AvgIpc) is 3.27. The van der Waals surface area contributed by atoms with Crippen LogP contribution in [0, 0.1) is 0 Å². The molecule has 1 amide bonds. The lowest BCUT2D eigenvalue weighted by atomic mass is 9.81. The van der Waals surface area contributed by atoms with Gasteiger partial charge in [-0.2, -0.15) is 0 Å². The normalized spacial score (nSPS) is 25.5. The van der Waals surface area contributed by atoms with Gasteiger partial charge in [0.15, 0.2) is 0 Å². The lowest BCUT2D eigenvalue weighted by Crippen LogP contribution is -2.58. The summed E-state index contributed by atoms with van der Waals surface area (Å²) < 4.78 is 6.39. The summed E-state index contributed by atoms with van der Waals surface area (Å²) in [6.45, 7) is 11.7. The number of hydrogen-bond acceptors (Lipinski definition) is 4. The van der Waals surface area contributed by atoms with Crippen molar-refractivity contribution in [1.82, 2.24) is 19.7 Å². The number of ether oxygens (including phenoxy) is 1. The van der Waals surface area contributed by atoms with Crippen molar-refractivity contribution < 1.29 is 9.53 Å². The van der Waals surface area contributed by atoms with Gasteiger partial charge in [0.25, 0.3) is 5.91 Å². The van der Waals surface area contributed by atoms with Crippen LogP contribution in [0.5, 0.6) is 0 Å². The number of hydrogen-bond donors (Lipinski definition) is 1. The molecule has 31 heavy (non-hydrogen) atoms. The zero-order valence-corrected chi connectivity index (χ0v) is 19.0. The third-order valence-electron chi connectivity index (χ3n) is 7.83. The van der Waals surface area contributed by atoms with Crippen molar-refractivity contribution in [1.29, 1.82) is 0 Å². The summed E-state index contributed by atoms with van der Waals surface area (Å²) in [5.74, 6) is 0.142. The van der Waals surface area contributed by atoms with Crippen LogP contribution in [0.25, 0.3) is 10.9 Å². The van der Waals surface area contributed by atoms with Gasteiger partial charge in [-0.3, -0.25) is 14.6 Å². The smallest absolute Gasteiger partial charge is 0.253 e. The van der Waals surface area contributed by atoms with Gasteiger partial charge >= 0.3 is 0 Å². The number of aromatic amines is 1. The van der Waals surface area contributed by atoms with Crippen LogP contribution in [0.15, 0.2) is 30.5 Å². The number of carbonyl (C=O) groups excluding carboxylic acids is 1. The number of benzene rings is 1. The summed E-state index contributed by atoms with van der Waals surface area (Å²) in [4.78, 5) is 23.6. The molecule has 3 aliphatic heterocycles. The van der Waals surface area contributed by atoms with Crippen molar-refractivity contribution in [3.8, 4) is 0 Å². The number of nitrogens with zero attached hydrogens (tertiary/aromatic N) is 3. The van der Waals surface area contributed by atoms with Crippen LogP contribution in [-0.4, -0.2) is 89.2 Å². The summed E-state index contributed by atoms with van der Waals surface area (Å²) in [5.41, 5.74) is 1.75. The maximum absolute atomic E-state index is 13.1. The number of rotatable bonds is 3. The first kappa shape index (κ1) is 21.0. The lowest BCUT2D eigenvalue weighted by molar-refractivity contribution is -0.132. The largest absolute Gasteiger partial charge is 0.375 e. The second kappa shape index (κ2) is 8.57. The Morgan fingerprint density at radius 1 is 1.10 bits per heavy atom. The van der Waals surface area contributed by atoms with Crippen LogP contribution in [0.3, 0.4) is 0 Å². The minimum Gasteiger partial charge on any atom is -0.375 e. The molecule has 3 saturated heterocycles. The molecular formula is C25H36N4O2. The summed E-state index contributed by atoms with van der Waals surface area (Å²) >= 11 is 0. The molecule has 1 aromatic heterocycles. The predicted molar refractivity (Wildman–Crippen MR) is 123 cm³/mol. The molecule has 168 valence electrons. The molecule has 2 aromatic rings. The summed E-state index contributed by atoms with van der Waals surface area (Å²) in [5, 5.41) is 1.14. The first-order chi connectivity index (χ1) is 15.0. The first-order valence-corrected chi connectivity index (χ1v) is 12.0. The van der Waals surface area contributed by atoms with Crippen LogP contribution in [-0.2, 0) is 4.74 Å². The Morgan fingerprint density at radius 3 is 2.61 bits per heavy atom. The Morgan fingerprint density at radius 2 is 1.87 bits per heavy atom. The van der Waals surface area contributed by atoms with Crippen LogP contribution in [0.1, 0.15) is 49.9 Å². The minimum atomic E-state index is -0.0434. The summed E-state index contributed by atoms with van der Waals surface area (Å²) in [6, 6.07) is 9.26. The fourth-order valence-corrected chi connectivity index (χ4v) is 5.76. The van der Waals surface area contributed by atoms with Crippen molar-refractivity contribution in [3.63, 3.8) is 0 Å². The number of H-pyrrole nitrogens is 1. The topological polar surface area (TPSA) is 51.8 Å². The van der Waals surface area contributed by atoms with Gasteiger partial charge in [-0.25, -0.2) is 0 Å². The highest BCUT2D eigenvalue weighted by atomic mass is 16.5. The van der Waals surface area contributed by atoms with Gasteiger partial charge in [0, 0.05) is 75.2 Å². The second-order valence-corrected chi connectivity index (χ2v) is 9.92. The van der Waals surface area contributed by atoms with Crippen LogP contribution >= 0.6 is 0 Å². The Kier molecular flexibility index (Phi) is 5.80. The van der Waals surface area contributed by atoms with E-state index in [9.17, 15) is 4.79 Å². The number of carbonyl (C=O) groups is 1. The number of amides is 1. The number of likely N-dealkylation sites (tertiary alicyclic amines) is 1. The SMILES string of the molecule is CC(C)N1CCN([C@H]2CCOC3(CCN(C(=O)c4ccc5cc[nH]c5c4)CC3)C2)CC1. The molecular weight excluding hydrogens is 388 g/mol. The summed E-state index contributed by atoms with van der Waals surface area (Å²) in [7, 11) is 0.